The lowest BCUT2D eigenvalue weighted by atomic mass is 10.2. The average Bonchev–Trinajstić information content (AvgIpc) is 2.41. The molecule has 0 aromatic heterocycles. The second-order valence-electron chi connectivity index (χ2n) is 4.18. The van der Waals surface area contributed by atoms with Gasteiger partial charge in [0, 0.05) is 20.2 Å². The molecule has 1 rings (SSSR count). The van der Waals surface area contributed by atoms with Gasteiger partial charge in [-0.25, -0.2) is 0 Å². The van der Waals surface area contributed by atoms with Crippen molar-refractivity contribution < 1.29 is 27.8 Å². The number of hydrogen-bond acceptors (Lipinski definition) is 4. The van der Waals surface area contributed by atoms with Gasteiger partial charge in [0.1, 0.15) is 12.4 Å². The van der Waals surface area contributed by atoms with Crippen molar-refractivity contribution in [3.63, 3.8) is 0 Å². The molecule has 20 heavy (non-hydrogen) atoms. The number of hydrogen-bond donors (Lipinski definition) is 2. The van der Waals surface area contributed by atoms with Crippen molar-refractivity contribution in [2.75, 3.05) is 26.9 Å². The zero-order valence-electron chi connectivity index (χ0n) is 11.1. The van der Waals surface area contributed by atoms with Crippen LogP contribution in [-0.2, 0) is 11.3 Å². The maximum Gasteiger partial charge on any atom is 0.417 e. The van der Waals surface area contributed by atoms with Crippen LogP contribution in [0.1, 0.15) is 5.56 Å². The summed E-state index contributed by atoms with van der Waals surface area (Å²) in [7, 11) is 1.61. The smallest absolute Gasteiger partial charge is 0.417 e. The maximum atomic E-state index is 12.1. The van der Waals surface area contributed by atoms with E-state index in [1.54, 1.807) is 31.4 Å². The highest BCUT2D eigenvalue weighted by Gasteiger charge is 2.38. The van der Waals surface area contributed by atoms with Crippen molar-refractivity contribution >= 4 is 0 Å². The van der Waals surface area contributed by atoms with Gasteiger partial charge in [-0.1, -0.05) is 12.1 Å². The molecule has 0 aliphatic heterocycles. The third-order valence-electron chi connectivity index (χ3n) is 2.52. The van der Waals surface area contributed by atoms with E-state index in [1.807, 2.05) is 0 Å². The van der Waals surface area contributed by atoms with Gasteiger partial charge in [0.2, 0.25) is 0 Å². The van der Waals surface area contributed by atoms with Crippen molar-refractivity contribution in [2.45, 2.75) is 18.8 Å². The summed E-state index contributed by atoms with van der Waals surface area (Å²) in [5.74, 6) is 0.286. The first kappa shape index (κ1) is 16.7. The van der Waals surface area contributed by atoms with Crippen molar-refractivity contribution in [1.82, 2.24) is 5.32 Å². The van der Waals surface area contributed by atoms with Crippen molar-refractivity contribution in [2.24, 2.45) is 0 Å². The fourth-order valence-corrected chi connectivity index (χ4v) is 1.38. The molecule has 0 aliphatic rings. The quantitative estimate of drug-likeness (QED) is 0.717. The van der Waals surface area contributed by atoms with Crippen LogP contribution in [-0.4, -0.2) is 44.3 Å². The Kier molecular flexibility index (Phi) is 6.77. The van der Waals surface area contributed by atoms with Crippen LogP contribution in [0.15, 0.2) is 24.3 Å². The van der Waals surface area contributed by atoms with Crippen LogP contribution in [0.5, 0.6) is 5.75 Å². The van der Waals surface area contributed by atoms with E-state index in [-0.39, 0.29) is 5.75 Å². The Morgan fingerprint density at radius 3 is 2.45 bits per heavy atom. The molecular weight excluding hydrogens is 275 g/mol. The van der Waals surface area contributed by atoms with Gasteiger partial charge in [0.15, 0.2) is 6.10 Å². The van der Waals surface area contributed by atoms with Gasteiger partial charge in [-0.15, -0.1) is 0 Å². The Morgan fingerprint density at radius 2 is 1.90 bits per heavy atom. The Bertz CT molecular complexity index is 381. The molecule has 1 aromatic rings. The lowest BCUT2D eigenvalue weighted by Crippen LogP contribution is -2.34. The number of methoxy groups -OCH3 is 1. The molecule has 0 bridgehead atoms. The van der Waals surface area contributed by atoms with Gasteiger partial charge >= 0.3 is 6.18 Å². The lowest BCUT2D eigenvalue weighted by Gasteiger charge is -2.15. The van der Waals surface area contributed by atoms with Gasteiger partial charge in [-0.2, -0.15) is 13.2 Å². The number of benzene rings is 1. The number of aliphatic hydroxyl groups is 1. The number of rotatable bonds is 8. The molecule has 2 N–H and O–H groups in total. The number of ether oxygens (including phenoxy) is 2. The lowest BCUT2D eigenvalue weighted by molar-refractivity contribution is -0.210. The Balaban J connectivity index is 2.35. The minimum absolute atomic E-state index is 0.286. The molecule has 1 atom stereocenters. The van der Waals surface area contributed by atoms with Gasteiger partial charge in [0.25, 0.3) is 0 Å². The molecule has 1 aromatic carbocycles. The number of nitrogens with one attached hydrogen (secondary N) is 1. The topological polar surface area (TPSA) is 50.7 Å². The summed E-state index contributed by atoms with van der Waals surface area (Å²) >= 11 is 0. The molecule has 0 fully saturated rings. The molecule has 0 spiro atoms. The zero-order valence-corrected chi connectivity index (χ0v) is 11.1. The molecule has 0 saturated heterocycles. The van der Waals surface area contributed by atoms with Crippen LogP contribution in [0.4, 0.5) is 13.2 Å². The Labute approximate surface area is 115 Å². The molecule has 114 valence electrons. The number of alkyl halides is 3. The Morgan fingerprint density at radius 1 is 1.25 bits per heavy atom. The SMILES string of the molecule is COCCNCc1ccc(OCC(O)C(F)(F)F)cc1. The van der Waals surface area contributed by atoms with Gasteiger partial charge in [0.05, 0.1) is 6.61 Å². The second-order valence-corrected chi connectivity index (χ2v) is 4.18. The highest BCUT2D eigenvalue weighted by Crippen LogP contribution is 2.21. The third kappa shape index (κ3) is 6.23. The molecule has 1 unspecified atom stereocenters. The van der Waals surface area contributed by atoms with Crippen LogP contribution in [0.25, 0.3) is 0 Å². The molecule has 4 nitrogen and oxygen atoms in total. The van der Waals surface area contributed by atoms with Crippen LogP contribution >= 0.6 is 0 Å². The molecule has 0 amide bonds. The fraction of sp³-hybridized carbons (Fsp3) is 0.538. The highest BCUT2D eigenvalue weighted by atomic mass is 19.4. The van der Waals surface area contributed by atoms with E-state index >= 15 is 0 Å². The van der Waals surface area contributed by atoms with Crippen molar-refractivity contribution in [1.29, 1.82) is 0 Å². The van der Waals surface area contributed by atoms with Crippen LogP contribution < -0.4 is 10.1 Å². The highest BCUT2D eigenvalue weighted by molar-refractivity contribution is 5.27. The summed E-state index contributed by atoms with van der Waals surface area (Å²) in [5.41, 5.74) is 0.977. The van der Waals surface area contributed by atoms with E-state index in [0.717, 1.165) is 5.56 Å². The fourth-order valence-electron chi connectivity index (χ4n) is 1.38. The van der Waals surface area contributed by atoms with Gasteiger partial charge < -0.3 is 19.9 Å². The zero-order chi connectivity index (χ0) is 15.0. The van der Waals surface area contributed by atoms with Crippen molar-refractivity contribution in [3.05, 3.63) is 29.8 Å². The summed E-state index contributed by atoms with van der Waals surface area (Å²) in [4.78, 5) is 0. The van der Waals surface area contributed by atoms with E-state index in [4.69, 9.17) is 14.6 Å². The van der Waals surface area contributed by atoms with Crippen LogP contribution in [0.3, 0.4) is 0 Å². The van der Waals surface area contributed by atoms with Crippen LogP contribution in [0.2, 0.25) is 0 Å². The summed E-state index contributed by atoms with van der Waals surface area (Å²) in [6, 6.07) is 6.62. The van der Waals surface area contributed by atoms with E-state index in [9.17, 15) is 13.2 Å². The van der Waals surface area contributed by atoms with E-state index in [2.05, 4.69) is 5.32 Å². The molecule has 7 heteroatoms. The number of aliphatic hydroxyl groups excluding tert-OH is 1. The molecule has 0 radical (unpaired) electrons. The van der Waals surface area contributed by atoms with Crippen molar-refractivity contribution in [3.8, 4) is 5.75 Å². The molecule has 0 saturated carbocycles. The maximum absolute atomic E-state index is 12.1. The number of halogens is 3. The summed E-state index contributed by atoms with van der Waals surface area (Å²) in [6.07, 6.45) is -7.14. The van der Waals surface area contributed by atoms with Gasteiger partial charge in [-0.3, -0.25) is 0 Å². The first-order valence-electron chi connectivity index (χ1n) is 6.09. The molecule has 0 heterocycles. The average molecular weight is 293 g/mol. The minimum Gasteiger partial charge on any atom is -0.491 e. The van der Waals surface area contributed by atoms with Gasteiger partial charge in [-0.05, 0) is 17.7 Å². The normalized spacial score (nSPS) is 13.2. The van der Waals surface area contributed by atoms with E-state index in [0.29, 0.717) is 19.7 Å². The predicted octanol–water partition coefficient (Wildman–Crippen LogP) is 1.72. The summed E-state index contributed by atoms with van der Waals surface area (Å²) in [6.45, 7) is 1.15. The monoisotopic (exact) mass is 293 g/mol. The predicted molar refractivity (Wildman–Crippen MR) is 67.6 cm³/mol. The standard InChI is InChI=1S/C13H18F3NO3/c1-19-7-6-17-8-10-2-4-11(5-3-10)20-9-12(18)13(14,15)16/h2-5,12,17-18H,6-9H2,1H3. The molecule has 0 aliphatic carbocycles. The first-order chi connectivity index (χ1) is 9.43. The first-order valence-corrected chi connectivity index (χ1v) is 6.09. The molecular formula is C13H18F3NO3. The Hall–Kier alpha value is -1.31. The van der Waals surface area contributed by atoms with Crippen LogP contribution in [0, 0.1) is 0 Å². The third-order valence-corrected chi connectivity index (χ3v) is 2.52. The second kappa shape index (κ2) is 8.08. The van der Waals surface area contributed by atoms with E-state index < -0.39 is 18.9 Å². The summed E-state index contributed by atoms with van der Waals surface area (Å²) in [5, 5.41) is 11.9. The van der Waals surface area contributed by atoms with E-state index in [1.165, 1.54) is 0 Å². The summed E-state index contributed by atoms with van der Waals surface area (Å²) < 4.78 is 46.0. The minimum atomic E-state index is -4.66. The largest absolute Gasteiger partial charge is 0.491 e.